The summed E-state index contributed by atoms with van der Waals surface area (Å²) in [6, 6.07) is 1.71. The fourth-order valence-electron chi connectivity index (χ4n) is 1.45. The maximum Gasteiger partial charge on any atom is 0.225 e. The number of nitrogens with zero attached hydrogens (tertiary/aromatic N) is 3. The number of anilines is 2. The molecular formula is C11H15N5OS. The predicted molar refractivity (Wildman–Crippen MR) is 72.0 cm³/mol. The Labute approximate surface area is 109 Å². The zero-order chi connectivity index (χ0) is 13.0. The van der Waals surface area contributed by atoms with Gasteiger partial charge >= 0.3 is 0 Å². The molecule has 0 saturated heterocycles. The van der Waals surface area contributed by atoms with Gasteiger partial charge in [0.1, 0.15) is 5.82 Å². The molecule has 7 heteroatoms. The minimum Gasteiger partial charge on any atom is -0.481 e. The first-order valence-electron chi connectivity index (χ1n) is 5.51. The SMILES string of the molecule is COc1cc(NCCc2nc(C)cs2)nc(N)n1. The summed E-state index contributed by atoms with van der Waals surface area (Å²) in [4.78, 5) is 12.4. The second-order valence-corrected chi connectivity index (χ2v) is 4.66. The molecule has 2 heterocycles. The average molecular weight is 265 g/mol. The smallest absolute Gasteiger partial charge is 0.225 e. The minimum absolute atomic E-state index is 0.196. The van der Waals surface area contributed by atoms with Crippen molar-refractivity contribution < 1.29 is 4.74 Å². The lowest BCUT2D eigenvalue weighted by molar-refractivity contribution is 0.398. The number of methoxy groups -OCH3 is 1. The van der Waals surface area contributed by atoms with Gasteiger partial charge in [0, 0.05) is 30.1 Å². The molecule has 0 fully saturated rings. The number of nitrogens with two attached hydrogens (primary N) is 1. The minimum atomic E-state index is 0.196. The lowest BCUT2D eigenvalue weighted by atomic mass is 10.4. The zero-order valence-corrected chi connectivity index (χ0v) is 11.1. The fraction of sp³-hybridized carbons (Fsp3) is 0.364. The summed E-state index contributed by atoms with van der Waals surface area (Å²) in [5.41, 5.74) is 6.63. The van der Waals surface area contributed by atoms with Crippen LogP contribution in [-0.4, -0.2) is 28.6 Å². The Morgan fingerprint density at radius 3 is 2.89 bits per heavy atom. The number of rotatable bonds is 5. The molecule has 2 aromatic rings. The van der Waals surface area contributed by atoms with Crippen molar-refractivity contribution in [2.75, 3.05) is 24.7 Å². The molecule has 3 N–H and O–H groups in total. The Hall–Kier alpha value is -1.89. The molecule has 0 aliphatic carbocycles. The highest BCUT2D eigenvalue weighted by Gasteiger charge is 2.03. The van der Waals surface area contributed by atoms with Crippen molar-refractivity contribution in [3.63, 3.8) is 0 Å². The van der Waals surface area contributed by atoms with Gasteiger partial charge in [0.25, 0.3) is 0 Å². The third kappa shape index (κ3) is 3.30. The lowest BCUT2D eigenvalue weighted by Crippen LogP contribution is -2.08. The number of aryl methyl sites for hydroxylation is 1. The normalized spacial score (nSPS) is 10.3. The van der Waals surface area contributed by atoms with Crippen LogP contribution in [0.15, 0.2) is 11.4 Å². The molecule has 2 aromatic heterocycles. The third-order valence-electron chi connectivity index (χ3n) is 2.24. The van der Waals surface area contributed by atoms with Crippen molar-refractivity contribution in [1.82, 2.24) is 15.0 Å². The molecule has 2 rings (SSSR count). The topological polar surface area (TPSA) is 86.0 Å². The number of hydrogen-bond donors (Lipinski definition) is 2. The molecule has 0 unspecified atom stereocenters. The molecule has 0 radical (unpaired) electrons. The second kappa shape index (κ2) is 5.63. The van der Waals surface area contributed by atoms with Gasteiger partial charge in [-0.3, -0.25) is 0 Å². The van der Waals surface area contributed by atoms with E-state index in [0.29, 0.717) is 11.7 Å². The highest BCUT2D eigenvalue weighted by atomic mass is 32.1. The Kier molecular flexibility index (Phi) is 3.93. The van der Waals surface area contributed by atoms with Crippen molar-refractivity contribution in [2.45, 2.75) is 13.3 Å². The van der Waals surface area contributed by atoms with Gasteiger partial charge in [-0.05, 0) is 6.92 Å². The first-order chi connectivity index (χ1) is 8.67. The van der Waals surface area contributed by atoms with E-state index in [4.69, 9.17) is 10.5 Å². The van der Waals surface area contributed by atoms with Gasteiger partial charge in [-0.15, -0.1) is 11.3 Å². The fourth-order valence-corrected chi connectivity index (χ4v) is 2.23. The van der Waals surface area contributed by atoms with Crippen molar-refractivity contribution in [3.8, 4) is 5.88 Å². The van der Waals surface area contributed by atoms with Crippen LogP contribution >= 0.6 is 11.3 Å². The number of hydrogen-bond acceptors (Lipinski definition) is 7. The molecule has 0 aliphatic heterocycles. The quantitative estimate of drug-likeness (QED) is 0.851. The summed E-state index contributed by atoms with van der Waals surface area (Å²) in [6.45, 7) is 2.73. The van der Waals surface area contributed by atoms with Crippen LogP contribution in [0.25, 0.3) is 0 Å². The molecule has 0 amide bonds. The molecule has 0 aliphatic rings. The van der Waals surface area contributed by atoms with E-state index in [1.54, 1.807) is 24.5 Å². The van der Waals surface area contributed by atoms with Crippen LogP contribution in [0, 0.1) is 6.92 Å². The molecule has 0 saturated carbocycles. The van der Waals surface area contributed by atoms with Crippen molar-refractivity contribution in [3.05, 3.63) is 22.1 Å². The molecule has 0 aromatic carbocycles. The van der Waals surface area contributed by atoms with Crippen LogP contribution in [0.1, 0.15) is 10.7 Å². The van der Waals surface area contributed by atoms with E-state index in [-0.39, 0.29) is 5.95 Å². The van der Waals surface area contributed by atoms with Crippen molar-refractivity contribution in [1.29, 1.82) is 0 Å². The number of nitrogen functional groups attached to an aromatic ring is 1. The maximum atomic E-state index is 5.57. The highest BCUT2D eigenvalue weighted by Crippen LogP contribution is 2.14. The Balaban J connectivity index is 1.91. The van der Waals surface area contributed by atoms with E-state index in [2.05, 4.69) is 20.3 Å². The summed E-state index contributed by atoms with van der Waals surface area (Å²) in [6.07, 6.45) is 0.852. The summed E-state index contributed by atoms with van der Waals surface area (Å²) >= 11 is 1.66. The van der Waals surface area contributed by atoms with Gasteiger partial charge in [-0.1, -0.05) is 0 Å². The van der Waals surface area contributed by atoms with E-state index in [0.717, 1.165) is 23.7 Å². The van der Waals surface area contributed by atoms with Crippen LogP contribution in [-0.2, 0) is 6.42 Å². The third-order valence-corrected chi connectivity index (χ3v) is 3.27. The van der Waals surface area contributed by atoms with Crippen molar-refractivity contribution in [2.24, 2.45) is 0 Å². The van der Waals surface area contributed by atoms with Crippen LogP contribution in [0.4, 0.5) is 11.8 Å². The lowest BCUT2D eigenvalue weighted by Gasteiger charge is -2.06. The summed E-state index contributed by atoms with van der Waals surface area (Å²) in [7, 11) is 1.55. The van der Waals surface area contributed by atoms with Crippen LogP contribution in [0.5, 0.6) is 5.88 Å². The maximum absolute atomic E-state index is 5.57. The largest absolute Gasteiger partial charge is 0.481 e. The number of ether oxygens (including phenoxy) is 1. The Morgan fingerprint density at radius 2 is 2.22 bits per heavy atom. The van der Waals surface area contributed by atoms with Gasteiger partial charge < -0.3 is 15.8 Å². The monoisotopic (exact) mass is 265 g/mol. The molecule has 96 valence electrons. The van der Waals surface area contributed by atoms with Gasteiger partial charge in [-0.25, -0.2) is 4.98 Å². The first kappa shape index (κ1) is 12.6. The summed E-state index contributed by atoms with van der Waals surface area (Å²) in [5, 5.41) is 6.32. The number of thiazole rings is 1. The van der Waals surface area contributed by atoms with E-state index in [1.165, 1.54) is 0 Å². The summed E-state index contributed by atoms with van der Waals surface area (Å²) < 4.78 is 5.02. The van der Waals surface area contributed by atoms with E-state index < -0.39 is 0 Å². The molecule has 0 spiro atoms. The highest BCUT2D eigenvalue weighted by molar-refractivity contribution is 7.09. The van der Waals surface area contributed by atoms with Crippen molar-refractivity contribution >= 4 is 23.1 Å². The second-order valence-electron chi connectivity index (χ2n) is 3.71. The molecular weight excluding hydrogens is 250 g/mol. The number of aromatic nitrogens is 3. The van der Waals surface area contributed by atoms with Gasteiger partial charge in [0.15, 0.2) is 0 Å². The Bertz CT molecular complexity index is 528. The van der Waals surface area contributed by atoms with E-state index in [9.17, 15) is 0 Å². The number of nitrogens with one attached hydrogen (secondary N) is 1. The van der Waals surface area contributed by atoms with E-state index >= 15 is 0 Å². The van der Waals surface area contributed by atoms with Gasteiger partial charge in [0.05, 0.1) is 12.1 Å². The van der Waals surface area contributed by atoms with Crippen LogP contribution in [0.3, 0.4) is 0 Å². The predicted octanol–water partition coefficient (Wildman–Crippen LogP) is 1.49. The van der Waals surface area contributed by atoms with Crippen LogP contribution < -0.4 is 15.8 Å². The Morgan fingerprint density at radius 1 is 1.39 bits per heavy atom. The zero-order valence-electron chi connectivity index (χ0n) is 10.3. The molecule has 0 atom stereocenters. The van der Waals surface area contributed by atoms with E-state index in [1.807, 2.05) is 12.3 Å². The average Bonchev–Trinajstić information content (AvgIpc) is 2.74. The summed E-state index contributed by atoms with van der Waals surface area (Å²) in [5.74, 6) is 1.31. The van der Waals surface area contributed by atoms with Gasteiger partial charge in [0.2, 0.25) is 11.8 Å². The standard InChI is InChI=1S/C11H15N5OS/c1-7-6-18-10(14-7)3-4-13-8-5-9(17-2)16-11(12)15-8/h5-6H,3-4H2,1-2H3,(H3,12,13,15,16). The molecule has 0 bridgehead atoms. The van der Waals surface area contributed by atoms with Crippen LogP contribution in [0.2, 0.25) is 0 Å². The molecule has 6 nitrogen and oxygen atoms in total. The van der Waals surface area contributed by atoms with Gasteiger partial charge in [-0.2, -0.15) is 9.97 Å². The molecule has 18 heavy (non-hydrogen) atoms. The first-order valence-corrected chi connectivity index (χ1v) is 6.39.